The molecule has 4 atom stereocenters. The Labute approximate surface area is 312 Å². The summed E-state index contributed by atoms with van der Waals surface area (Å²) in [5.74, 6) is -0.785. The molecule has 2 aromatic rings. The number of aromatic hydroxyl groups is 1. The van der Waals surface area contributed by atoms with Gasteiger partial charge in [-0.3, -0.25) is 9.59 Å². The lowest BCUT2D eigenvalue weighted by Crippen LogP contribution is -2.63. The van der Waals surface area contributed by atoms with E-state index < -0.39 is 11.9 Å². The smallest absolute Gasteiger partial charge is 0.352 e. The van der Waals surface area contributed by atoms with Crippen LogP contribution >= 0.6 is 12.2 Å². The van der Waals surface area contributed by atoms with Crippen LogP contribution in [-0.2, 0) is 20.8 Å². The molecule has 3 aliphatic rings. The zero-order valence-corrected chi connectivity index (χ0v) is 31.4. The van der Waals surface area contributed by atoms with Crippen molar-refractivity contribution in [2.24, 2.45) is 11.8 Å². The number of rotatable bonds is 17. The fourth-order valence-corrected chi connectivity index (χ4v) is 7.92. The number of carbonyl (C=O) groups is 3. The van der Waals surface area contributed by atoms with Crippen molar-refractivity contribution in [1.82, 2.24) is 4.90 Å². The topological polar surface area (TPSA) is 113 Å². The Bertz CT molecular complexity index is 1770. The quantitative estimate of drug-likeness (QED) is 0.0719. The Balaban J connectivity index is 1.24. The number of carboxylic acid groups (broad SMARTS) is 1. The number of carbonyl (C=O) groups excluding carboxylic acids is 2. The van der Waals surface area contributed by atoms with Crippen LogP contribution in [-0.4, -0.2) is 50.5 Å². The van der Waals surface area contributed by atoms with E-state index in [0.29, 0.717) is 47.8 Å². The number of ketones is 1. The van der Waals surface area contributed by atoms with Crippen molar-refractivity contribution in [1.29, 1.82) is 0 Å². The molecule has 0 bridgehead atoms. The lowest BCUT2D eigenvalue weighted by atomic mass is 9.73. The Morgan fingerprint density at radius 3 is 2.60 bits per heavy atom. The first kappa shape index (κ1) is 38.7. The van der Waals surface area contributed by atoms with Gasteiger partial charge in [-0.25, -0.2) is 4.79 Å². The normalized spacial score (nSPS) is 21.3. The number of phenolic OH excluding ortho intramolecular Hbond substituents is 1. The SMILES string of the molecule is C=C(C)[C@@H]1CCC(C)=C[C@H]1c1c(O)cc(CCCCC)cc1OC(=S)CC/C=C/C1=C(C(=O)O)N2C(=O)[C@@H](CC(=O)COc3ccccc3)[C@H]2CC1. The van der Waals surface area contributed by atoms with E-state index in [2.05, 4.69) is 26.5 Å². The maximum absolute atomic E-state index is 13.1. The van der Waals surface area contributed by atoms with Crippen LogP contribution in [0.1, 0.15) is 102 Å². The molecule has 0 unspecified atom stereocenters. The lowest BCUT2D eigenvalue weighted by molar-refractivity contribution is -0.160. The molecule has 52 heavy (non-hydrogen) atoms. The molecule has 0 aromatic heterocycles. The number of aryl methyl sites for hydroxylation is 1. The summed E-state index contributed by atoms with van der Waals surface area (Å²) in [6.45, 7) is 10.4. The largest absolute Gasteiger partial charge is 0.507 e. The number of para-hydroxylation sites is 1. The fraction of sp³-hybridized carbons (Fsp3) is 0.442. The lowest BCUT2D eigenvalue weighted by Gasteiger charge is -2.50. The number of Topliss-reactive ketones (excluding diaryl/α,β-unsaturated/α-hetero) is 1. The molecule has 8 nitrogen and oxygen atoms in total. The van der Waals surface area contributed by atoms with Gasteiger partial charge in [0.25, 0.3) is 0 Å². The van der Waals surface area contributed by atoms with E-state index in [1.165, 1.54) is 10.5 Å². The van der Waals surface area contributed by atoms with Gasteiger partial charge in [0, 0.05) is 30.4 Å². The summed E-state index contributed by atoms with van der Waals surface area (Å²) >= 11 is 5.71. The highest BCUT2D eigenvalue weighted by molar-refractivity contribution is 7.80. The number of β-lactam (4-membered cyclic amide) rings is 1. The summed E-state index contributed by atoms with van der Waals surface area (Å²) in [4.78, 5) is 39.5. The molecule has 276 valence electrons. The third kappa shape index (κ3) is 9.29. The fourth-order valence-electron chi connectivity index (χ4n) is 7.71. The molecule has 2 N–H and O–H groups in total. The number of ether oxygens (including phenoxy) is 2. The number of aliphatic carboxylic acids is 1. The number of fused-ring (bicyclic) bond motifs is 1. The molecule has 5 rings (SSSR count). The average Bonchev–Trinajstić information content (AvgIpc) is 3.11. The number of nitrogens with zero attached hydrogens (tertiary/aromatic N) is 1. The van der Waals surface area contributed by atoms with Crippen LogP contribution in [0.5, 0.6) is 17.2 Å². The Morgan fingerprint density at radius 1 is 1.12 bits per heavy atom. The highest BCUT2D eigenvalue weighted by atomic mass is 32.1. The highest BCUT2D eigenvalue weighted by Crippen LogP contribution is 2.47. The van der Waals surface area contributed by atoms with Gasteiger partial charge >= 0.3 is 5.97 Å². The molecule has 2 heterocycles. The van der Waals surface area contributed by atoms with Gasteiger partial charge < -0.3 is 24.6 Å². The number of phenols is 1. The zero-order valence-electron chi connectivity index (χ0n) is 30.6. The minimum absolute atomic E-state index is 0.0218. The first-order valence-electron chi connectivity index (χ1n) is 18.5. The van der Waals surface area contributed by atoms with Gasteiger partial charge in [0.05, 0.1) is 5.92 Å². The van der Waals surface area contributed by atoms with Crippen LogP contribution in [0.3, 0.4) is 0 Å². The third-order valence-corrected chi connectivity index (χ3v) is 10.7. The first-order valence-corrected chi connectivity index (χ1v) is 18.9. The molecule has 1 fully saturated rings. The van der Waals surface area contributed by atoms with Crippen molar-refractivity contribution in [2.45, 2.75) is 103 Å². The summed E-state index contributed by atoms with van der Waals surface area (Å²) < 4.78 is 11.9. The predicted molar refractivity (Wildman–Crippen MR) is 207 cm³/mol. The van der Waals surface area contributed by atoms with Gasteiger partial charge in [-0.05, 0) is 112 Å². The van der Waals surface area contributed by atoms with Crippen molar-refractivity contribution >= 4 is 34.9 Å². The van der Waals surface area contributed by atoms with E-state index in [1.807, 2.05) is 43.3 Å². The summed E-state index contributed by atoms with van der Waals surface area (Å²) in [7, 11) is 0. The Hall–Kier alpha value is -4.50. The average molecular weight is 726 g/mol. The van der Waals surface area contributed by atoms with E-state index >= 15 is 0 Å². The molecule has 2 aromatic carbocycles. The molecule has 1 amide bonds. The molecule has 0 saturated carbocycles. The van der Waals surface area contributed by atoms with E-state index in [-0.39, 0.29) is 54.0 Å². The number of hydrogen-bond donors (Lipinski definition) is 2. The van der Waals surface area contributed by atoms with E-state index in [0.717, 1.165) is 55.2 Å². The Morgan fingerprint density at radius 2 is 1.88 bits per heavy atom. The van der Waals surface area contributed by atoms with Crippen molar-refractivity contribution in [3.63, 3.8) is 0 Å². The summed E-state index contributed by atoms with van der Waals surface area (Å²) in [5.41, 5.74) is 4.63. The second kappa shape index (κ2) is 17.8. The van der Waals surface area contributed by atoms with Crippen LogP contribution in [0.2, 0.25) is 0 Å². The van der Waals surface area contributed by atoms with Crippen molar-refractivity contribution < 1.29 is 34.1 Å². The number of carboxylic acids is 1. The molecule has 0 radical (unpaired) electrons. The summed E-state index contributed by atoms with van der Waals surface area (Å²) in [6, 6.07) is 12.6. The number of thiocarbonyl (C=S) groups is 1. The van der Waals surface area contributed by atoms with E-state index in [1.54, 1.807) is 18.2 Å². The molecule has 0 spiro atoms. The molecular weight excluding hydrogens is 675 g/mol. The van der Waals surface area contributed by atoms with Crippen LogP contribution in [0.25, 0.3) is 0 Å². The van der Waals surface area contributed by atoms with Gasteiger partial charge in [-0.15, -0.1) is 0 Å². The number of amides is 1. The van der Waals surface area contributed by atoms with Gasteiger partial charge in [-0.1, -0.05) is 73.9 Å². The number of benzene rings is 2. The summed E-state index contributed by atoms with van der Waals surface area (Å²) in [5, 5.41) is 21.9. The van der Waals surface area contributed by atoms with Crippen LogP contribution in [0.15, 0.2) is 89.7 Å². The molecule has 1 saturated heterocycles. The van der Waals surface area contributed by atoms with Crippen molar-refractivity contribution in [2.75, 3.05) is 6.61 Å². The summed E-state index contributed by atoms with van der Waals surface area (Å²) in [6.07, 6.45) is 13.8. The predicted octanol–water partition coefficient (Wildman–Crippen LogP) is 9.18. The first-order chi connectivity index (χ1) is 25.0. The monoisotopic (exact) mass is 725 g/mol. The van der Waals surface area contributed by atoms with Crippen LogP contribution in [0, 0.1) is 11.8 Å². The minimum Gasteiger partial charge on any atom is -0.507 e. The van der Waals surface area contributed by atoms with Crippen LogP contribution in [0.4, 0.5) is 0 Å². The van der Waals surface area contributed by atoms with E-state index in [9.17, 15) is 24.6 Å². The van der Waals surface area contributed by atoms with E-state index in [4.69, 9.17) is 21.7 Å². The second-order valence-corrected chi connectivity index (χ2v) is 14.8. The number of hydrogen-bond acceptors (Lipinski definition) is 7. The van der Waals surface area contributed by atoms with Gasteiger partial charge in [0.15, 0.2) is 10.8 Å². The van der Waals surface area contributed by atoms with Crippen molar-refractivity contribution in [3.05, 3.63) is 101 Å². The van der Waals surface area contributed by atoms with Gasteiger partial charge in [0.2, 0.25) is 5.91 Å². The van der Waals surface area contributed by atoms with Gasteiger partial charge in [0.1, 0.15) is 29.6 Å². The second-order valence-electron chi connectivity index (χ2n) is 14.4. The Kier molecular flexibility index (Phi) is 13.3. The zero-order chi connectivity index (χ0) is 37.4. The molecule has 9 heteroatoms. The molecule has 1 aliphatic carbocycles. The third-order valence-electron chi connectivity index (χ3n) is 10.4. The van der Waals surface area contributed by atoms with Crippen LogP contribution < -0.4 is 9.47 Å². The van der Waals surface area contributed by atoms with Crippen molar-refractivity contribution in [3.8, 4) is 17.2 Å². The highest BCUT2D eigenvalue weighted by Gasteiger charge is 2.52. The standard InChI is InChI=1S/C43H51NO7S/c1-5-6-8-13-29-23-37(46)40(34-22-28(4)18-20-33(34)27(2)3)38(24-29)51-39(52)17-12-11-14-30-19-21-36-35(42(47)44(36)41(30)43(48)49)25-31(45)26-50-32-15-9-7-10-16-32/h7,9-11,14-16,22-24,33-36,46H,2,5-6,8,12-13,17-21,25-26H2,1,3-4H3,(H,48,49)/b14-11+/t33-,34+,35-,36+/m0/s1. The maximum atomic E-state index is 13.1. The maximum Gasteiger partial charge on any atom is 0.352 e. The number of unbranched alkanes of at least 4 members (excludes halogenated alkanes) is 2. The molecular formula is C43H51NO7S. The number of allylic oxidation sites excluding steroid dienone is 6. The minimum atomic E-state index is -1.17. The van der Waals surface area contributed by atoms with Gasteiger partial charge in [-0.2, -0.15) is 0 Å². The molecule has 2 aliphatic heterocycles.